The van der Waals surface area contributed by atoms with Crippen LogP contribution in [0.5, 0.6) is 0 Å². The van der Waals surface area contributed by atoms with E-state index in [-0.39, 0.29) is 6.61 Å². The number of nitrogens with zero attached hydrogens (tertiary/aromatic N) is 1. The molecule has 0 fully saturated rings. The van der Waals surface area contributed by atoms with Crippen LogP contribution in [-0.4, -0.2) is 11.7 Å². The zero-order valence-corrected chi connectivity index (χ0v) is 5.73. The Morgan fingerprint density at radius 2 is 2.55 bits per heavy atom. The van der Waals surface area contributed by atoms with Crippen LogP contribution in [0.25, 0.3) is 0 Å². The Bertz CT molecular complexity index is 218. The molecular formula is C6H7NO4. The summed E-state index contributed by atoms with van der Waals surface area (Å²) in [6, 6.07) is 3.39. The van der Waals surface area contributed by atoms with Crippen molar-refractivity contribution in [1.82, 2.24) is 0 Å². The Morgan fingerprint density at radius 3 is 3.09 bits per heavy atom. The average molecular weight is 157 g/mol. The highest BCUT2D eigenvalue weighted by Crippen LogP contribution is 2.00. The third-order valence-electron chi connectivity index (χ3n) is 1.02. The van der Waals surface area contributed by atoms with E-state index >= 15 is 0 Å². The molecule has 5 heteroatoms. The number of hydrogen-bond donors (Lipinski definition) is 0. The van der Waals surface area contributed by atoms with Crippen LogP contribution in [0.15, 0.2) is 22.8 Å². The summed E-state index contributed by atoms with van der Waals surface area (Å²) in [5, 5.41) is 9.78. The summed E-state index contributed by atoms with van der Waals surface area (Å²) >= 11 is 0. The first-order chi connectivity index (χ1) is 5.29. The molecule has 1 rings (SSSR count). The molecule has 1 aromatic rings. The Morgan fingerprint density at radius 1 is 1.73 bits per heavy atom. The molecule has 0 amide bonds. The molecular weight excluding hydrogens is 150 g/mol. The van der Waals surface area contributed by atoms with Crippen LogP contribution < -0.4 is 0 Å². The second-order valence-corrected chi connectivity index (χ2v) is 1.89. The lowest BCUT2D eigenvalue weighted by Gasteiger charge is -1.93. The molecule has 0 aromatic carbocycles. The van der Waals surface area contributed by atoms with Gasteiger partial charge in [-0.15, -0.1) is 0 Å². The Labute approximate surface area is 62.7 Å². The maximum atomic E-state index is 9.78. The summed E-state index contributed by atoms with van der Waals surface area (Å²) in [6.07, 6.45) is 1.49. The van der Waals surface area contributed by atoms with Gasteiger partial charge in [0, 0.05) is 4.92 Å². The number of ether oxygens (including phenoxy) is 1. The lowest BCUT2D eigenvalue weighted by Crippen LogP contribution is -2.04. The van der Waals surface area contributed by atoms with Crippen LogP contribution in [0.3, 0.4) is 0 Å². The van der Waals surface area contributed by atoms with Gasteiger partial charge in [-0.3, -0.25) is 10.1 Å². The minimum Gasteiger partial charge on any atom is -0.467 e. The first-order valence-electron chi connectivity index (χ1n) is 3.01. The van der Waals surface area contributed by atoms with Gasteiger partial charge in [0.05, 0.1) is 6.26 Å². The third kappa shape index (κ3) is 2.81. The summed E-state index contributed by atoms with van der Waals surface area (Å²) in [6.45, 7) is -0.339. The van der Waals surface area contributed by atoms with Crippen molar-refractivity contribution in [3.05, 3.63) is 34.3 Å². The standard InChI is InChI=1S/C6H7NO4/c8-7(9)5-10-4-6-2-1-3-11-6/h1-3H,4-5H2. The van der Waals surface area contributed by atoms with Crippen LogP contribution >= 0.6 is 0 Å². The number of furan rings is 1. The molecule has 1 aromatic heterocycles. The van der Waals surface area contributed by atoms with E-state index < -0.39 is 11.7 Å². The van der Waals surface area contributed by atoms with Crippen molar-refractivity contribution < 1.29 is 14.1 Å². The second kappa shape index (κ2) is 3.72. The molecule has 5 nitrogen and oxygen atoms in total. The molecule has 0 aliphatic carbocycles. The zero-order valence-electron chi connectivity index (χ0n) is 5.73. The van der Waals surface area contributed by atoms with Gasteiger partial charge in [0.15, 0.2) is 0 Å². The molecule has 0 bridgehead atoms. The first-order valence-corrected chi connectivity index (χ1v) is 3.01. The van der Waals surface area contributed by atoms with Crippen molar-refractivity contribution in [2.75, 3.05) is 6.73 Å². The van der Waals surface area contributed by atoms with Gasteiger partial charge in [-0.25, -0.2) is 0 Å². The quantitative estimate of drug-likeness (QED) is 0.372. The Hall–Kier alpha value is -1.36. The fourth-order valence-electron chi connectivity index (χ4n) is 0.615. The van der Waals surface area contributed by atoms with Crippen molar-refractivity contribution in [2.45, 2.75) is 6.61 Å². The van der Waals surface area contributed by atoms with Gasteiger partial charge in [-0.05, 0) is 12.1 Å². The van der Waals surface area contributed by atoms with E-state index in [0.717, 1.165) is 0 Å². The van der Waals surface area contributed by atoms with E-state index in [1.54, 1.807) is 12.1 Å². The number of nitro groups is 1. The minimum absolute atomic E-state index is 0.147. The van der Waals surface area contributed by atoms with Crippen molar-refractivity contribution in [3.8, 4) is 0 Å². The van der Waals surface area contributed by atoms with E-state index in [4.69, 9.17) is 4.42 Å². The molecule has 0 aliphatic rings. The number of rotatable bonds is 4. The molecule has 0 spiro atoms. The molecule has 0 saturated carbocycles. The van der Waals surface area contributed by atoms with Gasteiger partial charge in [-0.2, -0.15) is 0 Å². The molecule has 11 heavy (non-hydrogen) atoms. The highest BCUT2D eigenvalue weighted by Gasteiger charge is 1.98. The molecule has 1 heterocycles. The summed E-state index contributed by atoms with van der Waals surface area (Å²) in [4.78, 5) is 9.24. The normalized spacial score (nSPS) is 9.82. The van der Waals surface area contributed by atoms with Crippen LogP contribution in [0.1, 0.15) is 5.76 Å². The van der Waals surface area contributed by atoms with E-state index in [1.165, 1.54) is 6.26 Å². The van der Waals surface area contributed by atoms with Crippen LogP contribution in [-0.2, 0) is 11.3 Å². The molecule has 60 valence electrons. The van der Waals surface area contributed by atoms with Crippen molar-refractivity contribution in [1.29, 1.82) is 0 Å². The van der Waals surface area contributed by atoms with Crippen molar-refractivity contribution >= 4 is 0 Å². The third-order valence-corrected chi connectivity index (χ3v) is 1.02. The summed E-state index contributed by atoms with van der Waals surface area (Å²) in [5.74, 6) is 0.590. The van der Waals surface area contributed by atoms with Gasteiger partial charge < -0.3 is 9.15 Å². The lowest BCUT2D eigenvalue weighted by atomic mass is 10.5. The fourth-order valence-corrected chi connectivity index (χ4v) is 0.615. The summed E-state index contributed by atoms with van der Waals surface area (Å²) in [7, 11) is 0. The molecule has 0 saturated heterocycles. The molecule has 0 aliphatic heterocycles. The fraction of sp³-hybridized carbons (Fsp3) is 0.333. The Kier molecular flexibility index (Phi) is 2.62. The summed E-state index contributed by atoms with van der Waals surface area (Å²) in [5.41, 5.74) is 0. The van der Waals surface area contributed by atoms with E-state index in [9.17, 15) is 10.1 Å². The largest absolute Gasteiger partial charge is 0.467 e. The van der Waals surface area contributed by atoms with Gasteiger partial charge in [-0.1, -0.05) is 0 Å². The minimum atomic E-state index is -0.539. The highest BCUT2D eigenvalue weighted by molar-refractivity contribution is 4.95. The highest BCUT2D eigenvalue weighted by atomic mass is 16.7. The maximum absolute atomic E-state index is 9.78. The topological polar surface area (TPSA) is 65.5 Å². The van der Waals surface area contributed by atoms with E-state index in [2.05, 4.69) is 4.74 Å². The van der Waals surface area contributed by atoms with Gasteiger partial charge >= 0.3 is 6.73 Å². The SMILES string of the molecule is O=[N+]([O-])COCc1ccco1. The second-order valence-electron chi connectivity index (χ2n) is 1.89. The number of hydrogen-bond acceptors (Lipinski definition) is 4. The zero-order chi connectivity index (χ0) is 8.10. The smallest absolute Gasteiger partial charge is 0.306 e. The van der Waals surface area contributed by atoms with Crippen molar-refractivity contribution in [3.63, 3.8) is 0 Å². The molecule has 0 atom stereocenters. The lowest BCUT2D eigenvalue weighted by molar-refractivity contribution is -0.528. The van der Waals surface area contributed by atoms with Crippen molar-refractivity contribution in [2.24, 2.45) is 0 Å². The monoisotopic (exact) mass is 157 g/mol. The first kappa shape index (κ1) is 7.74. The Balaban J connectivity index is 2.19. The molecule has 0 N–H and O–H groups in total. The predicted molar refractivity (Wildman–Crippen MR) is 35.4 cm³/mol. The van der Waals surface area contributed by atoms with Crippen LogP contribution in [0.2, 0.25) is 0 Å². The average Bonchev–Trinajstić information content (AvgIpc) is 2.39. The van der Waals surface area contributed by atoms with E-state index in [1.807, 2.05) is 0 Å². The van der Waals surface area contributed by atoms with Gasteiger partial charge in [0.25, 0.3) is 0 Å². The maximum Gasteiger partial charge on any atom is 0.306 e. The van der Waals surface area contributed by atoms with Gasteiger partial charge in [0.2, 0.25) is 0 Å². The van der Waals surface area contributed by atoms with Gasteiger partial charge in [0.1, 0.15) is 12.4 Å². The predicted octanol–water partition coefficient (Wildman–Crippen LogP) is 1.03. The molecule has 0 radical (unpaired) electrons. The molecule has 0 unspecified atom stereocenters. The summed E-state index contributed by atoms with van der Waals surface area (Å²) < 4.78 is 9.51. The van der Waals surface area contributed by atoms with Crippen LogP contribution in [0, 0.1) is 10.1 Å². The van der Waals surface area contributed by atoms with Crippen LogP contribution in [0.4, 0.5) is 0 Å². The van der Waals surface area contributed by atoms with E-state index in [0.29, 0.717) is 5.76 Å².